The fourth-order valence-electron chi connectivity index (χ4n) is 2.20. The van der Waals surface area contributed by atoms with E-state index in [4.69, 9.17) is 10.7 Å². The fourth-order valence-corrected chi connectivity index (χ4v) is 3.10. The van der Waals surface area contributed by atoms with E-state index in [1.165, 1.54) is 36.4 Å². The topological polar surface area (TPSA) is 38.9 Å². The van der Waals surface area contributed by atoms with Crippen LogP contribution in [0.25, 0.3) is 0 Å². The molecule has 1 atom stereocenters. The molecule has 1 fully saturated rings. The average molecular weight is 224 g/mol. The maximum atomic E-state index is 5.75. The van der Waals surface area contributed by atoms with Crippen molar-refractivity contribution in [3.63, 3.8) is 0 Å². The zero-order chi connectivity index (χ0) is 10.7. The summed E-state index contributed by atoms with van der Waals surface area (Å²) in [6.07, 6.45) is 7.56. The summed E-state index contributed by atoms with van der Waals surface area (Å²) in [6, 6.07) is 0.295. The highest BCUT2D eigenvalue weighted by Gasteiger charge is 2.19. The zero-order valence-electron chi connectivity index (χ0n) is 9.41. The van der Waals surface area contributed by atoms with E-state index >= 15 is 0 Å². The van der Waals surface area contributed by atoms with Crippen molar-refractivity contribution in [2.45, 2.75) is 57.4 Å². The van der Waals surface area contributed by atoms with E-state index in [1.807, 2.05) is 11.3 Å². The van der Waals surface area contributed by atoms with Crippen molar-refractivity contribution in [2.24, 2.45) is 5.73 Å². The van der Waals surface area contributed by atoms with E-state index in [0.29, 0.717) is 6.04 Å². The lowest BCUT2D eigenvalue weighted by atomic mass is 10.1. The standard InChI is InChI=1S/C12H20N2S/c1-9(13)6-7-12-14-11(8-15-12)10-4-2-3-5-10/h8-10H,2-7,13H2,1H3. The summed E-state index contributed by atoms with van der Waals surface area (Å²) in [5.41, 5.74) is 7.09. The molecule has 0 saturated heterocycles. The highest BCUT2D eigenvalue weighted by Crippen LogP contribution is 2.34. The van der Waals surface area contributed by atoms with Gasteiger partial charge in [0.25, 0.3) is 0 Å². The molecule has 2 nitrogen and oxygen atoms in total. The van der Waals surface area contributed by atoms with Crippen molar-refractivity contribution in [3.05, 3.63) is 16.1 Å². The molecule has 2 rings (SSSR count). The van der Waals surface area contributed by atoms with Gasteiger partial charge in [-0.3, -0.25) is 0 Å². The van der Waals surface area contributed by atoms with Gasteiger partial charge in [0, 0.05) is 23.8 Å². The van der Waals surface area contributed by atoms with Crippen LogP contribution in [-0.2, 0) is 6.42 Å². The second-order valence-corrected chi connectivity index (χ2v) is 5.61. The lowest BCUT2D eigenvalue weighted by Crippen LogP contribution is -2.15. The minimum Gasteiger partial charge on any atom is -0.328 e. The van der Waals surface area contributed by atoms with E-state index in [9.17, 15) is 0 Å². The van der Waals surface area contributed by atoms with Crippen LogP contribution >= 0.6 is 11.3 Å². The third kappa shape index (κ3) is 3.02. The Morgan fingerprint density at radius 2 is 2.27 bits per heavy atom. The van der Waals surface area contributed by atoms with Crippen LogP contribution in [0.5, 0.6) is 0 Å². The molecule has 0 bridgehead atoms. The van der Waals surface area contributed by atoms with Gasteiger partial charge in [-0.15, -0.1) is 11.3 Å². The molecule has 3 heteroatoms. The summed E-state index contributed by atoms with van der Waals surface area (Å²) in [4.78, 5) is 4.73. The van der Waals surface area contributed by atoms with Crippen LogP contribution in [0.2, 0.25) is 0 Å². The van der Waals surface area contributed by atoms with Crippen LogP contribution in [0.1, 0.15) is 55.6 Å². The highest BCUT2D eigenvalue weighted by atomic mass is 32.1. The Hall–Kier alpha value is -0.410. The van der Waals surface area contributed by atoms with Gasteiger partial charge in [-0.1, -0.05) is 12.8 Å². The maximum Gasteiger partial charge on any atom is 0.0928 e. The Kier molecular flexibility index (Phi) is 3.76. The molecular weight excluding hydrogens is 204 g/mol. The Bertz CT molecular complexity index is 300. The Morgan fingerprint density at radius 3 is 2.93 bits per heavy atom. The first-order valence-corrected chi connectivity index (χ1v) is 6.83. The molecule has 1 heterocycles. The number of hydrogen-bond donors (Lipinski definition) is 1. The molecule has 1 unspecified atom stereocenters. The summed E-state index contributed by atoms with van der Waals surface area (Å²) in [5, 5.41) is 3.53. The molecule has 1 aliphatic carbocycles. The zero-order valence-corrected chi connectivity index (χ0v) is 10.2. The van der Waals surface area contributed by atoms with Crippen molar-refractivity contribution in [1.29, 1.82) is 0 Å². The van der Waals surface area contributed by atoms with Gasteiger partial charge in [0.2, 0.25) is 0 Å². The van der Waals surface area contributed by atoms with Crippen molar-refractivity contribution >= 4 is 11.3 Å². The van der Waals surface area contributed by atoms with E-state index in [0.717, 1.165) is 18.8 Å². The quantitative estimate of drug-likeness (QED) is 0.853. The molecule has 1 aliphatic rings. The highest BCUT2D eigenvalue weighted by molar-refractivity contribution is 7.09. The molecule has 0 spiro atoms. The van der Waals surface area contributed by atoms with Crippen LogP contribution in [0.4, 0.5) is 0 Å². The van der Waals surface area contributed by atoms with Gasteiger partial charge >= 0.3 is 0 Å². The van der Waals surface area contributed by atoms with E-state index in [-0.39, 0.29) is 0 Å². The Balaban J connectivity index is 1.91. The molecule has 0 aromatic carbocycles. The molecule has 1 saturated carbocycles. The molecule has 0 radical (unpaired) electrons. The van der Waals surface area contributed by atoms with Crippen molar-refractivity contribution < 1.29 is 0 Å². The van der Waals surface area contributed by atoms with Gasteiger partial charge in [0.1, 0.15) is 0 Å². The summed E-state index contributed by atoms with van der Waals surface area (Å²) in [5.74, 6) is 0.755. The molecule has 15 heavy (non-hydrogen) atoms. The van der Waals surface area contributed by atoms with Gasteiger partial charge < -0.3 is 5.73 Å². The van der Waals surface area contributed by atoms with Gasteiger partial charge in [-0.25, -0.2) is 4.98 Å². The Labute approximate surface area is 95.9 Å². The number of thiazole rings is 1. The first kappa shape index (κ1) is 11.1. The summed E-state index contributed by atoms with van der Waals surface area (Å²) < 4.78 is 0. The largest absolute Gasteiger partial charge is 0.328 e. The second-order valence-electron chi connectivity index (χ2n) is 4.66. The first-order valence-electron chi connectivity index (χ1n) is 5.95. The molecular formula is C12H20N2S. The lowest BCUT2D eigenvalue weighted by Gasteiger charge is -2.04. The van der Waals surface area contributed by atoms with Crippen LogP contribution < -0.4 is 5.73 Å². The van der Waals surface area contributed by atoms with Crippen LogP contribution in [0, 0.1) is 0 Å². The number of rotatable bonds is 4. The first-order chi connectivity index (χ1) is 7.25. The summed E-state index contributed by atoms with van der Waals surface area (Å²) >= 11 is 1.81. The van der Waals surface area contributed by atoms with Gasteiger partial charge in [0.15, 0.2) is 0 Å². The maximum absolute atomic E-state index is 5.75. The smallest absolute Gasteiger partial charge is 0.0928 e. The van der Waals surface area contributed by atoms with Gasteiger partial charge in [-0.2, -0.15) is 0 Å². The van der Waals surface area contributed by atoms with Crippen molar-refractivity contribution in [1.82, 2.24) is 4.98 Å². The van der Waals surface area contributed by atoms with Gasteiger partial charge in [-0.05, 0) is 26.2 Å². The van der Waals surface area contributed by atoms with Crippen LogP contribution in [0.3, 0.4) is 0 Å². The number of nitrogens with two attached hydrogens (primary N) is 1. The molecule has 1 aromatic heterocycles. The minimum absolute atomic E-state index is 0.295. The molecule has 0 amide bonds. The number of nitrogens with zero attached hydrogens (tertiary/aromatic N) is 1. The fraction of sp³-hybridized carbons (Fsp3) is 0.750. The number of aromatic nitrogens is 1. The lowest BCUT2D eigenvalue weighted by molar-refractivity contribution is 0.656. The second kappa shape index (κ2) is 5.08. The SMILES string of the molecule is CC(N)CCc1nc(C2CCCC2)cs1. The molecule has 0 aliphatic heterocycles. The van der Waals surface area contributed by atoms with Crippen molar-refractivity contribution in [2.75, 3.05) is 0 Å². The van der Waals surface area contributed by atoms with E-state index in [2.05, 4.69) is 12.3 Å². The summed E-state index contributed by atoms with van der Waals surface area (Å²) in [7, 11) is 0. The van der Waals surface area contributed by atoms with Crippen LogP contribution in [0.15, 0.2) is 5.38 Å². The normalized spacial score (nSPS) is 19.6. The number of hydrogen-bond acceptors (Lipinski definition) is 3. The molecule has 2 N–H and O–H groups in total. The third-order valence-corrected chi connectivity index (χ3v) is 4.08. The van der Waals surface area contributed by atoms with Crippen molar-refractivity contribution in [3.8, 4) is 0 Å². The predicted molar refractivity (Wildman–Crippen MR) is 65.3 cm³/mol. The van der Waals surface area contributed by atoms with E-state index < -0.39 is 0 Å². The summed E-state index contributed by atoms with van der Waals surface area (Å²) in [6.45, 7) is 2.06. The monoisotopic (exact) mass is 224 g/mol. The molecule has 1 aromatic rings. The average Bonchev–Trinajstić information content (AvgIpc) is 2.85. The third-order valence-electron chi connectivity index (χ3n) is 3.16. The predicted octanol–water partition coefficient (Wildman–Crippen LogP) is 3.08. The molecule has 84 valence electrons. The minimum atomic E-state index is 0.295. The van der Waals surface area contributed by atoms with Crippen LogP contribution in [-0.4, -0.2) is 11.0 Å². The van der Waals surface area contributed by atoms with Gasteiger partial charge in [0.05, 0.1) is 10.7 Å². The van der Waals surface area contributed by atoms with E-state index in [1.54, 1.807) is 0 Å². The number of aryl methyl sites for hydroxylation is 1. The Morgan fingerprint density at radius 1 is 1.53 bits per heavy atom.